The fourth-order valence-corrected chi connectivity index (χ4v) is 2.92. The van der Waals surface area contributed by atoms with Gasteiger partial charge in [0.1, 0.15) is 10.8 Å². The minimum Gasteiger partial charge on any atom is -0.497 e. The molecule has 0 saturated carbocycles. The SMILES string of the molecule is COc1ccc2nc(/C=C/c3ccc(C(=O)O)cc3)sc2c1. The maximum absolute atomic E-state index is 10.8. The monoisotopic (exact) mass is 311 g/mol. The van der Waals surface area contributed by atoms with E-state index in [0.717, 1.165) is 26.5 Å². The average molecular weight is 311 g/mol. The number of carbonyl (C=O) groups is 1. The van der Waals surface area contributed by atoms with E-state index >= 15 is 0 Å². The molecule has 2 aromatic carbocycles. The molecule has 0 amide bonds. The number of hydrogen-bond donors (Lipinski definition) is 1. The van der Waals surface area contributed by atoms with Crippen LogP contribution in [0.3, 0.4) is 0 Å². The number of benzene rings is 2. The molecule has 0 saturated heterocycles. The smallest absolute Gasteiger partial charge is 0.335 e. The van der Waals surface area contributed by atoms with Crippen molar-refractivity contribution in [3.63, 3.8) is 0 Å². The van der Waals surface area contributed by atoms with Crippen molar-refractivity contribution in [2.24, 2.45) is 0 Å². The molecule has 1 heterocycles. The molecule has 0 bridgehead atoms. The van der Waals surface area contributed by atoms with Gasteiger partial charge >= 0.3 is 5.97 Å². The van der Waals surface area contributed by atoms with E-state index in [1.54, 1.807) is 42.7 Å². The minimum absolute atomic E-state index is 0.282. The fraction of sp³-hybridized carbons (Fsp3) is 0.0588. The summed E-state index contributed by atoms with van der Waals surface area (Å²) >= 11 is 1.58. The number of aromatic carboxylic acids is 1. The second kappa shape index (κ2) is 5.99. The summed E-state index contributed by atoms with van der Waals surface area (Å²) in [5.74, 6) is -0.105. The number of aromatic nitrogens is 1. The second-order valence-corrected chi connectivity index (χ2v) is 5.71. The van der Waals surface area contributed by atoms with E-state index in [-0.39, 0.29) is 5.56 Å². The molecule has 0 aliphatic rings. The van der Waals surface area contributed by atoms with Crippen LogP contribution in [-0.2, 0) is 0 Å². The maximum atomic E-state index is 10.8. The fourth-order valence-electron chi connectivity index (χ4n) is 2.03. The Morgan fingerprint density at radius 2 is 1.95 bits per heavy atom. The second-order valence-electron chi connectivity index (χ2n) is 4.65. The lowest BCUT2D eigenvalue weighted by Crippen LogP contribution is -1.94. The van der Waals surface area contributed by atoms with E-state index in [1.165, 1.54) is 0 Å². The third-order valence-electron chi connectivity index (χ3n) is 3.19. The van der Waals surface area contributed by atoms with E-state index in [2.05, 4.69) is 4.98 Å². The molecular formula is C17H13NO3S. The van der Waals surface area contributed by atoms with Gasteiger partial charge in [-0.25, -0.2) is 9.78 Å². The van der Waals surface area contributed by atoms with Gasteiger partial charge in [-0.15, -0.1) is 11.3 Å². The molecule has 0 spiro atoms. The quantitative estimate of drug-likeness (QED) is 0.785. The van der Waals surface area contributed by atoms with Crippen molar-refractivity contribution in [3.8, 4) is 5.75 Å². The zero-order valence-electron chi connectivity index (χ0n) is 11.8. The van der Waals surface area contributed by atoms with Crippen molar-refractivity contribution in [3.05, 3.63) is 58.6 Å². The predicted molar refractivity (Wildman–Crippen MR) is 88.5 cm³/mol. The third kappa shape index (κ3) is 2.99. The maximum Gasteiger partial charge on any atom is 0.335 e. The first-order chi connectivity index (χ1) is 10.7. The Bertz CT molecular complexity index is 850. The molecule has 22 heavy (non-hydrogen) atoms. The average Bonchev–Trinajstić information content (AvgIpc) is 2.95. The van der Waals surface area contributed by atoms with Crippen LogP contribution in [0.1, 0.15) is 20.9 Å². The lowest BCUT2D eigenvalue weighted by atomic mass is 10.1. The summed E-state index contributed by atoms with van der Waals surface area (Å²) in [7, 11) is 1.64. The van der Waals surface area contributed by atoms with Crippen molar-refractivity contribution in [2.45, 2.75) is 0 Å². The van der Waals surface area contributed by atoms with Gasteiger partial charge in [0, 0.05) is 0 Å². The molecule has 0 atom stereocenters. The summed E-state index contributed by atoms with van der Waals surface area (Å²) in [5, 5.41) is 9.76. The van der Waals surface area contributed by atoms with Crippen LogP contribution >= 0.6 is 11.3 Å². The van der Waals surface area contributed by atoms with Crippen LogP contribution in [-0.4, -0.2) is 23.2 Å². The van der Waals surface area contributed by atoms with Gasteiger partial charge in [0.15, 0.2) is 0 Å². The Balaban J connectivity index is 1.84. The van der Waals surface area contributed by atoms with Crippen LogP contribution in [0.15, 0.2) is 42.5 Å². The number of thiazole rings is 1. The van der Waals surface area contributed by atoms with Crippen molar-refractivity contribution < 1.29 is 14.6 Å². The van der Waals surface area contributed by atoms with E-state index in [0.29, 0.717) is 0 Å². The molecule has 1 N–H and O–H groups in total. The zero-order valence-corrected chi connectivity index (χ0v) is 12.6. The zero-order chi connectivity index (χ0) is 15.5. The molecular weight excluding hydrogens is 298 g/mol. The first kappa shape index (κ1) is 14.3. The van der Waals surface area contributed by atoms with E-state index < -0.39 is 5.97 Å². The lowest BCUT2D eigenvalue weighted by Gasteiger charge is -1.96. The van der Waals surface area contributed by atoms with Gasteiger partial charge in [-0.1, -0.05) is 18.2 Å². The van der Waals surface area contributed by atoms with Gasteiger partial charge in [-0.3, -0.25) is 0 Å². The highest BCUT2D eigenvalue weighted by atomic mass is 32.1. The molecule has 110 valence electrons. The Kier molecular flexibility index (Phi) is 3.89. The Labute approximate surface area is 131 Å². The van der Waals surface area contributed by atoms with Crippen LogP contribution in [0, 0.1) is 0 Å². The van der Waals surface area contributed by atoms with Gasteiger partial charge in [-0.05, 0) is 42.0 Å². The standard InChI is InChI=1S/C17H13NO3S/c1-21-13-7-8-14-15(10-13)22-16(18-14)9-4-11-2-5-12(6-3-11)17(19)20/h2-10H,1H3,(H,19,20)/b9-4+. The summed E-state index contributed by atoms with van der Waals surface area (Å²) in [4.78, 5) is 15.3. The van der Waals surface area contributed by atoms with Crippen molar-refractivity contribution in [1.82, 2.24) is 4.98 Å². The Hall–Kier alpha value is -2.66. The molecule has 4 nitrogen and oxygen atoms in total. The number of rotatable bonds is 4. The number of hydrogen-bond acceptors (Lipinski definition) is 4. The topological polar surface area (TPSA) is 59.4 Å². The van der Waals surface area contributed by atoms with Crippen LogP contribution in [0.4, 0.5) is 0 Å². The highest BCUT2D eigenvalue weighted by molar-refractivity contribution is 7.19. The first-order valence-corrected chi connectivity index (χ1v) is 7.43. The van der Waals surface area contributed by atoms with Gasteiger partial charge in [0.25, 0.3) is 0 Å². The molecule has 0 aliphatic carbocycles. The summed E-state index contributed by atoms with van der Waals surface area (Å²) in [5.41, 5.74) is 2.15. The number of carboxylic acids is 1. The molecule has 0 fully saturated rings. The molecule has 1 aromatic heterocycles. The summed E-state index contributed by atoms with van der Waals surface area (Å²) < 4.78 is 6.27. The van der Waals surface area contributed by atoms with Crippen molar-refractivity contribution >= 4 is 39.7 Å². The molecule has 0 radical (unpaired) electrons. The molecule has 3 aromatic rings. The normalized spacial score (nSPS) is 11.1. The molecule has 3 rings (SSSR count). The highest BCUT2D eigenvalue weighted by Gasteiger charge is 2.03. The number of nitrogens with zero attached hydrogens (tertiary/aromatic N) is 1. The van der Waals surface area contributed by atoms with Crippen molar-refractivity contribution in [1.29, 1.82) is 0 Å². The molecule has 5 heteroatoms. The van der Waals surface area contributed by atoms with Crippen LogP contribution in [0.5, 0.6) is 5.75 Å². The van der Waals surface area contributed by atoms with E-state index in [9.17, 15) is 4.79 Å². The molecule has 0 aliphatic heterocycles. The van der Waals surface area contributed by atoms with Gasteiger partial charge in [0.05, 0.1) is 22.9 Å². The highest BCUT2D eigenvalue weighted by Crippen LogP contribution is 2.27. The summed E-state index contributed by atoms with van der Waals surface area (Å²) in [6, 6.07) is 12.5. The van der Waals surface area contributed by atoms with Gasteiger partial charge in [-0.2, -0.15) is 0 Å². The predicted octanol–water partition coefficient (Wildman–Crippen LogP) is 4.17. The van der Waals surface area contributed by atoms with Crippen LogP contribution in [0.25, 0.3) is 22.4 Å². The van der Waals surface area contributed by atoms with Gasteiger partial charge < -0.3 is 9.84 Å². The summed E-state index contributed by atoms with van der Waals surface area (Å²) in [6.07, 6.45) is 3.84. The Morgan fingerprint density at radius 1 is 1.18 bits per heavy atom. The largest absolute Gasteiger partial charge is 0.497 e. The number of methoxy groups -OCH3 is 1. The minimum atomic E-state index is -0.921. The first-order valence-electron chi connectivity index (χ1n) is 6.62. The molecule has 0 unspecified atom stereocenters. The lowest BCUT2D eigenvalue weighted by molar-refractivity contribution is 0.0697. The number of carboxylic acid groups (broad SMARTS) is 1. The van der Waals surface area contributed by atoms with E-state index in [4.69, 9.17) is 9.84 Å². The van der Waals surface area contributed by atoms with Crippen LogP contribution < -0.4 is 4.74 Å². The number of fused-ring (bicyclic) bond motifs is 1. The van der Waals surface area contributed by atoms with Gasteiger partial charge in [0.2, 0.25) is 0 Å². The van der Waals surface area contributed by atoms with E-state index in [1.807, 2.05) is 30.4 Å². The number of ether oxygens (including phenoxy) is 1. The van der Waals surface area contributed by atoms with Crippen molar-refractivity contribution in [2.75, 3.05) is 7.11 Å². The summed E-state index contributed by atoms with van der Waals surface area (Å²) in [6.45, 7) is 0. The Morgan fingerprint density at radius 3 is 2.64 bits per heavy atom. The van der Waals surface area contributed by atoms with Crippen LogP contribution in [0.2, 0.25) is 0 Å². The third-order valence-corrected chi connectivity index (χ3v) is 4.17.